The molecule has 2 atom stereocenters. The highest BCUT2D eigenvalue weighted by atomic mass is 32.1. The topological polar surface area (TPSA) is 63.1 Å². The Morgan fingerprint density at radius 1 is 1.23 bits per heavy atom. The highest BCUT2D eigenvalue weighted by molar-refractivity contribution is 7.07. The number of amides is 1. The summed E-state index contributed by atoms with van der Waals surface area (Å²) >= 11 is 1.75. The number of carbonyl (C=O) groups excluding carboxylic acids is 1. The lowest BCUT2D eigenvalue weighted by Gasteiger charge is -2.38. The molecule has 2 aliphatic rings. The van der Waals surface area contributed by atoms with Crippen LogP contribution in [0.4, 0.5) is 0 Å². The van der Waals surface area contributed by atoms with Crippen LogP contribution in [0.3, 0.4) is 0 Å². The van der Waals surface area contributed by atoms with E-state index in [4.69, 9.17) is 0 Å². The van der Waals surface area contributed by atoms with E-state index in [1.165, 1.54) is 11.1 Å². The molecule has 1 fully saturated rings. The molecular formula is C24H29N5OS. The third kappa shape index (κ3) is 3.70. The first kappa shape index (κ1) is 20.4. The zero-order valence-corrected chi connectivity index (χ0v) is 18.9. The van der Waals surface area contributed by atoms with E-state index in [1.807, 2.05) is 13.8 Å². The number of thiophene rings is 1. The van der Waals surface area contributed by atoms with E-state index in [0.717, 1.165) is 44.7 Å². The molecule has 1 amide bonds. The van der Waals surface area contributed by atoms with Crippen molar-refractivity contribution in [1.29, 1.82) is 0 Å². The number of benzene rings is 1. The molecule has 1 saturated heterocycles. The summed E-state index contributed by atoms with van der Waals surface area (Å²) in [7, 11) is 0. The van der Waals surface area contributed by atoms with Crippen molar-refractivity contribution >= 4 is 17.2 Å². The lowest BCUT2D eigenvalue weighted by atomic mass is 9.71. The average molecular weight is 436 g/mol. The minimum absolute atomic E-state index is 0.0593. The van der Waals surface area contributed by atoms with Crippen LogP contribution in [-0.4, -0.2) is 44.2 Å². The smallest absolute Gasteiger partial charge is 0.289 e. The Morgan fingerprint density at radius 2 is 2.06 bits per heavy atom. The molecule has 1 aromatic carbocycles. The van der Waals surface area contributed by atoms with E-state index >= 15 is 0 Å². The van der Waals surface area contributed by atoms with Crippen molar-refractivity contribution in [2.75, 3.05) is 6.54 Å². The molecule has 4 heterocycles. The normalized spacial score (nSPS) is 23.4. The fourth-order valence-corrected chi connectivity index (χ4v) is 6.03. The Bertz CT molecular complexity index is 1050. The number of nitrogens with one attached hydrogen (secondary N) is 1. The van der Waals surface area contributed by atoms with Crippen LogP contribution in [0, 0.1) is 0 Å². The fourth-order valence-electron chi connectivity index (χ4n) is 5.37. The van der Waals surface area contributed by atoms with Gasteiger partial charge >= 0.3 is 0 Å². The average Bonchev–Trinajstić information content (AvgIpc) is 3.47. The van der Waals surface area contributed by atoms with Gasteiger partial charge in [0.2, 0.25) is 5.82 Å². The Morgan fingerprint density at radius 3 is 2.81 bits per heavy atom. The van der Waals surface area contributed by atoms with Crippen LogP contribution in [0.2, 0.25) is 0 Å². The summed E-state index contributed by atoms with van der Waals surface area (Å²) in [6, 6.07) is 13.5. The van der Waals surface area contributed by atoms with Crippen LogP contribution in [0.15, 0.2) is 47.2 Å². The van der Waals surface area contributed by atoms with Gasteiger partial charge in [-0.25, -0.2) is 0 Å². The van der Waals surface area contributed by atoms with Crippen LogP contribution in [0.25, 0.3) is 0 Å². The zero-order valence-electron chi connectivity index (χ0n) is 18.1. The molecule has 31 heavy (non-hydrogen) atoms. The molecule has 6 nitrogen and oxygen atoms in total. The number of carbonyl (C=O) groups is 1. The predicted octanol–water partition coefficient (Wildman–Crippen LogP) is 3.64. The Hall–Kier alpha value is -2.51. The van der Waals surface area contributed by atoms with Gasteiger partial charge in [-0.2, -0.15) is 11.3 Å². The quantitative estimate of drug-likeness (QED) is 0.665. The number of hydrogen-bond acceptors (Lipinski definition) is 5. The van der Waals surface area contributed by atoms with Gasteiger partial charge in [-0.1, -0.05) is 30.3 Å². The van der Waals surface area contributed by atoms with Crippen molar-refractivity contribution in [2.45, 2.75) is 63.7 Å². The lowest BCUT2D eigenvalue weighted by Crippen LogP contribution is -2.45. The molecule has 162 valence electrons. The van der Waals surface area contributed by atoms with Crippen LogP contribution >= 0.6 is 11.3 Å². The second kappa shape index (κ2) is 8.20. The third-order valence-corrected chi connectivity index (χ3v) is 7.57. The first-order valence-corrected chi connectivity index (χ1v) is 12.0. The molecule has 2 aromatic heterocycles. The lowest BCUT2D eigenvalue weighted by molar-refractivity contribution is 0.0923. The standard InChI is InChI=1S/C24H29N5OS/c1-17(2)25-23(30)22-27-26-21-8-10-24(19-6-4-3-5-7-19)11-12-28(20(24)15-29(21)22)14-18-9-13-31-16-18/h3-7,9,13,16-17,20H,8,10-12,14-15H2,1-2H3,(H,25,30). The van der Waals surface area contributed by atoms with E-state index < -0.39 is 0 Å². The Kier molecular flexibility index (Phi) is 5.40. The molecule has 0 saturated carbocycles. The molecule has 7 heteroatoms. The monoisotopic (exact) mass is 435 g/mol. The van der Waals surface area contributed by atoms with Crippen LogP contribution in [0.1, 0.15) is 54.3 Å². The van der Waals surface area contributed by atoms with Gasteiger partial charge in [0.1, 0.15) is 5.82 Å². The van der Waals surface area contributed by atoms with Gasteiger partial charge in [-0.3, -0.25) is 9.69 Å². The summed E-state index contributed by atoms with van der Waals surface area (Å²) in [6.07, 6.45) is 2.98. The Balaban J connectivity index is 1.54. The van der Waals surface area contributed by atoms with Crippen molar-refractivity contribution in [3.63, 3.8) is 0 Å². The number of hydrogen-bond donors (Lipinski definition) is 1. The minimum atomic E-state index is -0.136. The van der Waals surface area contributed by atoms with Gasteiger partial charge < -0.3 is 9.88 Å². The van der Waals surface area contributed by atoms with Gasteiger partial charge in [0.05, 0.1) is 0 Å². The van der Waals surface area contributed by atoms with Crippen molar-refractivity contribution in [3.05, 3.63) is 69.9 Å². The molecule has 0 bridgehead atoms. The SMILES string of the molecule is CC(C)NC(=O)c1nnc2n1CC1N(Cc3ccsc3)CCC1(c1ccccc1)CC2. The van der Waals surface area contributed by atoms with Gasteiger partial charge in [0.25, 0.3) is 5.91 Å². The minimum Gasteiger partial charge on any atom is -0.347 e. The van der Waals surface area contributed by atoms with Crippen LogP contribution < -0.4 is 5.32 Å². The number of likely N-dealkylation sites (tertiary alicyclic amines) is 1. The molecule has 5 rings (SSSR count). The van der Waals surface area contributed by atoms with Gasteiger partial charge in [-0.05, 0) is 61.2 Å². The number of aryl methyl sites for hydroxylation is 1. The number of fused-ring (bicyclic) bond motifs is 2. The van der Waals surface area contributed by atoms with Gasteiger partial charge in [-0.15, -0.1) is 10.2 Å². The van der Waals surface area contributed by atoms with E-state index in [2.05, 4.69) is 72.1 Å². The third-order valence-electron chi connectivity index (χ3n) is 6.84. The van der Waals surface area contributed by atoms with Crippen molar-refractivity contribution in [2.24, 2.45) is 0 Å². The van der Waals surface area contributed by atoms with Crippen LogP contribution in [0.5, 0.6) is 0 Å². The first-order chi connectivity index (χ1) is 15.1. The maximum Gasteiger partial charge on any atom is 0.289 e. The van der Waals surface area contributed by atoms with E-state index in [9.17, 15) is 4.79 Å². The largest absolute Gasteiger partial charge is 0.347 e. The Labute approximate surface area is 187 Å². The molecule has 0 radical (unpaired) electrons. The van der Waals surface area contributed by atoms with E-state index in [-0.39, 0.29) is 23.4 Å². The summed E-state index contributed by atoms with van der Waals surface area (Å²) in [6.45, 7) is 6.67. The molecule has 1 N–H and O–H groups in total. The second-order valence-electron chi connectivity index (χ2n) is 9.07. The maximum atomic E-state index is 12.8. The van der Waals surface area contributed by atoms with Gasteiger partial charge in [0, 0.05) is 37.0 Å². The highest BCUT2D eigenvalue weighted by Gasteiger charge is 2.50. The molecule has 0 aliphatic carbocycles. The number of aromatic nitrogens is 3. The van der Waals surface area contributed by atoms with E-state index in [1.54, 1.807) is 11.3 Å². The molecule has 2 aliphatic heterocycles. The maximum absolute atomic E-state index is 12.8. The molecule has 2 unspecified atom stereocenters. The first-order valence-electron chi connectivity index (χ1n) is 11.1. The summed E-state index contributed by atoms with van der Waals surface area (Å²) in [4.78, 5) is 15.4. The van der Waals surface area contributed by atoms with Crippen LogP contribution in [-0.2, 0) is 24.9 Å². The zero-order chi connectivity index (χ0) is 21.4. The van der Waals surface area contributed by atoms with Gasteiger partial charge in [0.15, 0.2) is 0 Å². The number of rotatable bonds is 5. The predicted molar refractivity (Wildman–Crippen MR) is 122 cm³/mol. The number of nitrogens with zero attached hydrogens (tertiary/aromatic N) is 4. The summed E-state index contributed by atoms with van der Waals surface area (Å²) < 4.78 is 2.08. The summed E-state index contributed by atoms with van der Waals surface area (Å²) in [5.74, 6) is 1.23. The highest BCUT2D eigenvalue weighted by Crippen LogP contribution is 2.46. The molecule has 0 spiro atoms. The second-order valence-corrected chi connectivity index (χ2v) is 9.85. The summed E-state index contributed by atoms with van der Waals surface area (Å²) in [5, 5.41) is 16.1. The summed E-state index contributed by atoms with van der Waals surface area (Å²) in [5.41, 5.74) is 2.82. The van der Waals surface area contributed by atoms with Crippen molar-refractivity contribution < 1.29 is 4.79 Å². The van der Waals surface area contributed by atoms with E-state index in [0.29, 0.717) is 5.82 Å². The fraction of sp³-hybridized carbons (Fsp3) is 0.458. The van der Waals surface area contributed by atoms with Crippen molar-refractivity contribution in [3.8, 4) is 0 Å². The molecular weight excluding hydrogens is 406 g/mol. The molecule has 3 aromatic rings. The van der Waals surface area contributed by atoms with Crippen molar-refractivity contribution in [1.82, 2.24) is 25.0 Å².